The molecule has 0 N–H and O–H groups in total. The standard InChI is InChI=1S/C61H118O6/c1-6-7-8-9-10-11-12-13-18-23-26-33-38-43-48-53-61(64)67-58(55-66-60(63)52-47-42-37-32-28-27-30-35-40-45-50-57(4)5)54-65-59(62)51-46-41-36-31-25-22-20-17-15-14-16-19-21-24-29-34-39-44-49-56(2)3/h56-58H,6-55H2,1-5H3/t58-/m0/s1. The van der Waals surface area contributed by atoms with E-state index in [1.165, 1.54) is 231 Å². The van der Waals surface area contributed by atoms with Gasteiger partial charge in [0.2, 0.25) is 0 Å². The molecule has 0 aromatic carbocycles. The molecule has 0 saturated heterocycles. The lowest BCUT2D eigenvalue weighted by Gasteiger charge is -2.18. The maximum Gasteiger partial charge on any atom is 0.306 e. The normalized spacial score (nSPS) is 12.0. The van der Waals surface area contributed by atoms with Crippen LogP contribution in [-0.4, -0.2) is 37.2 Å². The molecule has 0 aliphatic rings. The van der Waals surface area contributed by atoms with Crippen molar-refractivity contribution in [3.05, 3.63) is 0 Å². The smallest absolute Gasteiger partial charge is 0.306 e. The average Bonchev–Trinajstić information content (AvgIpc) is 3.30. The minimum absolute atomic E-state index is 0.0624. The number of carbonyl (C=O) groups is 3. The zero-order valence-electron chi connectivity index (χ0n) is 46.0. The topological polar surface area (TPSA) is 78.9 Å². The molecule has 0 aliphatic carbocycles. The van der Waals surface area contributed by atoms with E-state index in [0.717, 1.165) is 69.6 Å². The first kappa shape index (κ1) is 65.4. The molecule has 0 amide bonds. The van der Waals surface area contributed by atoms with E-state index < -0.39 is 6.10 Å². The van der Waals surface area contributed by atoms with E-state index >= 15 is 0 Å². The molecule has 6 heteroatoms. The summed E-state index contributed by atoms with van der Waals surface area (Å²) in [5.41, 5.74) is 0. The summed E-state index contributed by atoms with van der Waals surface area (Å²) in [6, 6.07) is 0. The maximum absolute atomic E-state index is 12.9. The fraction of sp³-hybridized carbons (Fsp3) is 0.951. The van der Waals surface area contributed by atoms with Gasteiger partial charge in [-0.05, 0) is 31.1 Å². The molecular formula is C61H118O6. The zero-order chi connectivity index (χ0) is 48.9. The molecule has 0 fully saturated rings. The van der Waals surface area contributed by atoms with Crippen LogP contribution in [0, 0.1) is 11.8 Å². The second kappa shape index (κ2) is 53.8. The second-order valence-electron chi connectivity index (χ2n) is 21.9. The molecule has 0 aromatic heterocycles. The van der Waals surface area contributed by atoms with Crippen molar-refractivity contribution in [3.63, 3.8) is 0 Å². The predicted molar refractivity (Wildman–Crippen MR) is 289 cm³/mol. The van der Waals surface area contributed by atoms with Crippen LogP contribution in [0.5, 0.6) is 0 Å². The third-order valence-corrected chi connectivity index (χ3v) is 14.0. The quantitative estimate of drug-likeness (QED) is 0.0343. The molecule has 0 radical (unpaired) electrons. The van der Waals surface area contributed by atoms with Gasteiger partial charge in [0.05, 0.1) is 0 Å². The van der Waals surface area contributed by atoms with Crippen molar-refractivity contribution in [1.82, 2.24) is 0 Å². The van der Waals surface area contributed by atoms with Gasteiger partial charge in [-0.1, -0.05) is 304 Å². The van der Waals surface area contributed by atoms with Gasteiger partial charge >= 0.3 is 17.9 Å². The molecule has 1 atom stereocenters. The number of hydrogen-bond acceptors (Lipinski definition) is 6. The highest BCUT2D eigenvalue weighted by Crippen LogP contribution is 2.18. The first-order valence-electron chi connectivity index (χ1n) is 30.2. The Morgan fingerprint density at radius 3 is 0.731 bits per heavy atom. The Morgan fingerprint density at radius 2 is 0.493 bits per heavy atom. The van der Waals surface area contributed by atoms with Crippen LogP contribution in [0.2, 0.25) is 0 Å². The van der Waals surface area contributed by atoms with E-state index in [1.807, 2.05) is 0 Å². The van der Waals surface area contributed by atoms with Crippen molar-refractivity contribution >= 4 is 17.9 Å². The SMILES string of the molecule is CCCCCCCCCCCCCCCCCC(=O)O[C@@H](COC(=O)CCCCCCCCCCCCCCCCCCCCC(C)C)COC(=O)CCCCCCCCCCCCC(C)C. The zero-order valence-corrected chi connectivity index (χ0v) is 46.0. The van der Waals surface area contributed by atoms with Crippen LogP contribution in [0.15, 0.2) is 0 Å². The van der Waals surface area contributed by atoms with Gasteiger partial charge in [-0.25, -0.2) is 0 Å². The minimum atomic E-state index is -0.763. The van der Waals surface area contributed by atoms with Gasteiger partial charge in [-0.3, -0.25) is 14.4 Å². The van der Waals surface area contributed by atoms with Gasteiger partial charge < -0.3 is 14.2 Å². The summed E-state index contributed by atoms with van der Waals surface area (Å²) in [5.74, 6) is 0.841. The highest BCUT2D eigenvalue weighted by Gasteiger charge is 2.19. The van der Waals surface area contributed by atoms with Crippen LogP contribution in [0.3, 0.4) is 0 Å². The summed E-state index contributed by atoms with van der Waals surface area (Å²) in [6.45, 7) is 11.4. The van der Waals surface area contributed by atoms with Gasteiger partial charge in [0.25, 0.3) is 0 Å². The third kappa shape index (κ3) is 55.2. The lowest BCUT2D eigenvalue weighted by molar-refractivity contribution is -0.167. The van der Waals surface area contributed by atoms with E-state index in [2.05, 4.69) is 34.6 Å². The summed E-state index contributed by atoms with van der Waals surface area (Å²) in [6.07, 6.45) is 58.1. The van der Waals surface area contributed by atoms with E-state index in [4.69, 9.17) is 14.2 Å². The molecule has 6 nitrogen and oxygen atoms in total. The lowest BCUT2D eigenvalue weighted by Crippen LogP contribution is -2.30. The first-order chi connectivity index (χ1) is 32.7. The first-order valence-corrected chi connectivity index (χ1v) is 30.2. The number of esters is 3. The van der Waals surface area contributed by atoms with E-state index in [9.17, 15) is 14.4 Å². The number of carbonyl (C=O) groups excluding carboxylic acids is 3. The fourth-order valence-electron chi connectivity index (χ4n) is 9.40. The van der Waals surface area contributed by atoms with E-state index in [1.54, 1.807) is 0 Å². The molecule has 398 valence electrons. The van der Waals surface area contributed by atoms with Crippen molar-refractivity contribution in [3.8, 4) is 0 Å². The van der Waals surface area contributed by atoms with Gasteiger partial charge in [-0.2, -0.15) is 0 Å². The molecule has 0 aliphatic heterocycles. The van der Waals surface area contributed by atoms with Crippen molar-refractivity contribution in [1.29, 1.82) is 0 Å². The largest absolute Gasteiger partial charge is 0.462 e. The number of unbranched alkanes of at least 4 members (excludes halogenated alkanes) is 40. The molecule has 0 unspecified atom stereocenters. The van der Waals surface area contributed by atoms with Crippen molar-refractivity contribution in [2.75, 3.05) is 13.2 Å². The van der Waals surface area contributed by atoms with Gasteiger partial charge in [-0.15, -0.1) is 0 Å². The van der Waals surface area contributed by atoms with Crippen LogP contribution in [0.1, 0.15) is 343 Å². The highest BCUT2D eigenvalue weighted by atomic mass is 16.6. The number of ether oxygens (including phenoxy) is 3. The Labute approximate surface area is 418 Å². The van der Waals surface area contributed by atoms with Crippen molar-refractivity contribution < 1.29 is 28.6 Å². The summed E-state index contributed by atoms with van der Waals surface area (Å²) >= 11 is 0. The summed E-state index contributed by atoms with van der Waals surface area (Å²) in [5, 5.41) is 0. The third-order valence-electron chi connectivity index (χ3n) is 14.0. The average molecular weight is 948 g/mol. The van der Waals surface area contributed by atoms with Crippen LogP contribution in [0.25, 0.3) is 0 Å². The molecule has 0 spiro atoms. The Bertz CT molecular complexity index is 1020. The summed E-state index contributed by atoms with van der Waals surface area (Å²) < 4.78 is 16.9. The number of rotatable bonds is 55. The van der Waals surface area contributed by atoms with Gasteiger partial charge in [0.1, 0.15) is 13.2 Å². The van der Waals surface area contributed by atoms with Gasteiger partial charge in [0.15, 0.2) is 6.10 Å². The molecule has 0 aromatic rings. The van der Waals surface area contributed by atoms with Crippen molar-refractivity contribution in [2.45, 2.75) is 349 Å². The van der Waals surface area contributed by atoms with Crippen LogP contribution in [-0.2, 0) is 28.6 Å². The van der Waals surface area contributed by atoms with Crippen LogP contribution >= 0.6 is 0 Å². The van der Waals surface area contributed by atoms with E-state index in [-0.39, 0.29) is 31.1 Å². The lowest BCUT2D eigenvalue weighted by atomic mass is 10.0. The monoisotopic (exact) mass is 947 g/mol. The molecule has 0 heterocycles. The Kier molecular flexibility index (Phi) is 52.5. The molecular weight excluding hydrogens is 829 g/mol. The van der Waals surface area contributed by atoms with Crippen LogP contribution < -0.4 is 0 Å². The Hall–Kier alpha value is -1.59. The second-order valence-corrected chi connectivity index (χ2v) is 21.9. The maximum atomic E-state index is 12.9. The fourth-order valence-corrected chi connectivity index (χ4v) is 9.40. The predicted octanol–water partition coefficient (Wildman–Crippen LogP) is 20.0. The van der Waals surface area contributed by atoms with Crippen molar-refractivity contribution in [2.24, 2.45) is 11.8 Å². The van der Waals surface area contributed by atoms with Gasteiger partial charge in [0, 0.05) is 19.3 Å². The number of hydrogen-bond donors (Lipinski definition) is 0. The Balaban J connectivity index is 4.24. The molecule has 0 rings (SSSR count). The summed E-state index contributed by atoms with van der Waals surface area (Å²) in [4.78, 5) is 38.2. The molecule has 67 heavy (non-hydrogen) atoms. The molecule has 0 bridgehead atoms. The Morgan fingerprint density at radius 1 is 0.284 bits per heavy atom. The minimum Gasteiger partial charge on any atom is -0.462 e. The highest BCUT2D eigenvalue weighted by molar-refractivity contribution is 5.71. The molecule has 0 saturated carbocycles. The van der Waals surface area contributed by atoms with Crippen LogP contribution in [0.4, 0.5) is 0 Å². The summed E-state index contributed by atoms with van der Waals surface area (Å²) in [7, 11) is 0. The van der Waals surface area contributed by atoms with E-state index in [0.29, 0.717) is 19.3 Å².